The molecule has 1 fully saturated rings. The minimum absolute atomic E-state index is 0.306. The molecule has 1 aliphatic heterocycles. The molecule has 20 heavy (non-hydrogen) atoms. The van der Waals surface area contributed by atoms with E-state index >= 15 is 0 Å². The van der Waals surface area contributed by atoms with Crippen molar-refractivity contribution in [1.82, 2.24) is 4.90 Å². The van der Waals surface area contributed by atoms with Gasteiger partial charge in [-0.3, -0.25) is 9.69 Å². The van der Waals surface area contributed by atoms with Crippen LogP contribution in [0.2, 0.25) is 0 Å². The summed E-state index contributed by atoms with van der Waals surface area (Å²) in [5.41, 5.74) is 5.33. The Morgan fingerprint density at radius 2 is 2.05 bits per heavy atom. The van der Waals surface area contributed by atoms with Gasteiger partial charge in [0.2, 0.25) is 0 Å². The zero-order chi connectivity index (χ0) is 14.8. The van der Waals surface area contributed by atoms with Gasteiger partial charge in [0.25, 0.3) is 0 Å². The van der Waals surface area contributed by atoms with Crippen LogP contribution >= 0.6 is 0 Å². The molecule has 1 aliphatic rings. The van der Waals surface area contributed by atoms with Gasteiger partial charge in [-0.25, -0.2) is 8.78 Å². The number of nitrogens with zero attached hydrogens (tertiary/aromatic N) is 1. The number of carbonyl (C=O) groups excluding carboxylic acids is 1. The second-order valence-electron chi connectivity index (χ2n) is 5.16. The van der Waals surface area contributed by atoms with Crippen molar-refractivity contribution in [2.24, 2.45) is 5.73 Å². The monoisotopic (exact) mass is 284 g/mol. The molecule has 1 saturated heterocycles. The fourth-order valence-corrected chi connectivity index (χ4v) is 2.42. The third kappa shape index (κ3) is 3.13. The second-order valence-corrected chi connectivity index (χ2v) is 5.16. The number of halogens is 2. The summed E-state index contributed by atoms with van der Waals surface area (Å²) in [7, 11) is 1.31. The van der Waals surface area contributed by atoms with Crippen molar-refractivity contribution >= 4 is 5.97 Å². The third-order valence-corrected chi connectivity index (χ3v) is 3.74. The van der Waals surface area contributed by atoms with Gasteiger partial charge in [-0.05, 0) is 31.0 Å². The lowest BCUT2D eigenvalue weighted by atomic mass is 9.88. The molecule has 0 radical (unpaired) electrons. The van der Waals surface area contributed by atoms with Crippen LogP contribution in [0.15, 0.2) is 18.2 Å². The normalized spacial score (nSPS) is 18.8. The van der Waals surface area contributed by atoms with Gasteiger partial charge in [-0.15, -0.1) is 0 Å². The number of ether oxygens (including phenoxy) is 1. The largest absolute Gasteiger partial charge is 0.468 e. The lowest BCUT2D eigenvalue weighted by Crippen LogP contribution is -2.55. The number of benzene rings is 1. The zero-order valence-corrected chi connectivity index (χ0v) is 11.4. The molecule has 0 bridgehead atoms. The van der Waals surface area contributed by atoms with E-state index in [1.807, 2.05) is 4.90 Å². The first kappa shape index (κ1) is 14.9. The van der Waals surface area contributed by atoms with E-state index in [1.165, 1.54) is 13.2 Å². The van der Waals surface area contributed by atoms with E-state index in [1.54, 1.807) is 0 Å². The highest BCUT2D eigenvalue weighted by Crippen LogP contribution is 2.23. The standard InChI is InChI=1S/C14H18F2N2O2/c1-20-13(19)14(17)4-6-18(7-5-14)9-10-8-11(15)2-3-12(10)16/h2-3,8H,4-7,9,17H2,1H3. The summed E-state index contributed by atoms with van der Waals surface area (Å²) in [6.45, 7) is 1.39. The Hall–Kier alpha value is -1.53. The van der Waals surface area contributed by atoms with Gasteiger partial charge in [-0.1, -0.05) is 0 Å². The third-order valence-electron chi connectivity index (χ3n) is 3.74. The van der Waals surface area contributed by atoms with E-state index in [4.69, 9.17) is 5.73 Å². The van der Waals surface area contributed by atoms with Gasteiger partial charge in [-0.2, -0.15) is 0 Å². The number of esters is 1. The summed E-state index contributed by atoms with van der Waals surface area (Å²) in [4.78, 5) is 13.5. The van der Waals surface area contributed by atoms with Gasteiger partial charge in [0.05, 0.1) is 7.11 Å². The molecule has 0 aliphatic carbocycles. The molecule has 110 valence electrons. The van der Waals surface area contributed by atoms with Crippen molar-refractivity contribution < 1.29 is 18.3 Å². The van der Waals surface area contributed by atoms with Crippen molar-refractivity contribution in [2.45, 2.75) is 24.9 Å². The van der Waals surface area contributed by atoms with Gasteiger partial charge >= 0.3 is 5.97 Å². The van der Waals surface area contributed by atoms with Gasteiger partial charge in [0, 0.05) is 25.2 Å². The summed E-state index contributed by atoms with van der Waals surface area (Å²) in [6.07, 6.45) is 0.882. The molecule has 6 heteroatoms. The zero-order valence-electron chi connectivity index (χ0n) is 11.4. The molecular formula is C14H18F2N2O2. The van der Waals surface area contributed by atoms with Crippen LogP contribution in [0.4, 0.5) is 8.78 Å². The van der Waals surface area contributed by atoms with Crippen LogP contribution in [0.1, 0.15) is 18.4 Å². The number of likely N-dealkylation sites (tertiary alicyclic amines) is 1. The Morgan fingerprint density at radius 1 is 1.40 bits per heavy atom. The Bertz CT molecular complexity index is 500. The SMILES string of the molecule is COC(=O)C1(N)CCN(Cc2cc(F)ccc2F)CC1. The molecular weight excluding hydrogens is 266 g/mol. The van der Waals surface area contributed by atoms with Crippen LogP contribution < -0.4 is 5.73 Å². The number of nitrogens with two attached hydrogens (primary N) is 1. The first-order chi connectivity index (χ1) is 9.44. The molecule has 1 heterocycles. The van der Waals surface area contributed by atoms with Crippen LogP contribution in [0.5, 0.6) is 0 Å². The topological polar surface area (TPSA) is 55.6 Å². The Labute approximate surface area is 116 Å². The number of rotatable bonds is 3. The highest BCUT2D eigenvalue weighted by Gasteiger charge is 2.38. The Morgan fingerprint density at radius 3 is 2.65 bits per heavy atom. The number of carbonyl (C=O) groups is 1. The average Bonchev–Trinajstić information content (AvgIpc) is 2.44. The highest BCUT2D eigenvalue weighted by molar-refractivity contribution is 5.80. The van der Waals surface area contributed by atoms with Crippen LogP contribution in [0, 0.1) is 11.6 Å². The summed E-state index contributed by atoms with van der Waals surface area (Å²) in [5.74, 6) is -1.31. The maximum Gasteiger partial charge on any atom is 0.325 e. The minimum atomic E-state index is -0.967. The van der Waals surface area contributed by atoms with E-state index in [2.05, 4.69) is 4.74 Å². The van der Waals surface area contributed by atoms with Crippen molar-refractivity contribution in [3.8, 4) is 0 Å². The van der Waals surface area contributed by atoms with Gasteiger partial charge in [0.15, 0.2) is 0 Å². The molecule has 4 nitrogen and oxygen atoms in total. The summed E-state index contributed by atoms with van der Waals surface area (Å²) >= 11 is 0. The minimum Gasteiger partial charge on any atom is -0.468 e. The van der Waals surface area contributed by atoms with Crippen LogP contribution in [-0.4, -0.2) is 36.6 Å². The number of methoxy groups -OCH3 is 1. The van der Waals surface area contributed by atoms with Gasteiger partial charge in [0.1, 0.15) is 17.2 Å². The fourth-order valence-electron chi connectivity index (χ4n) is 2.42. The van der Waals surface area contributed by atoms with Crippen molar-refractivity contribution in [2.75, 3.05) is 20.2 Å². The smallest absolute Gasteiger partial charge is 0.325 e. The lowest BCUT2D eigenvalue weighted by molar-refractivity contribution is -0.149. The molecule has 1 aromatic carbocycles. The first-order valence-electron chi connectivity index (χ1n) is 6.48. The molecule has 0 saturated carbocycles. The lowest BCUT2D eigenvalue weighted by Gasteiger charge is -2.37. The molecule has 0 unspecified atom stereocenters. The fraction of sp³-hybridized carbons (Fsp3) is 0.500. The van der Waals surface area contributed by atoms with Crippen LogP contribution in [-0.2, 0) is 16.1 Å². The number of hydrogen-bond acceptors (Lipinski definition) is 4. The molecule has 2 rings (SSSR count). The predicted molar refractivity (Wildman–Crippen MR) is 69.8 cm³/mol. The summed E-state index contributed by atoms with van der Waals surface area (Å²) < 4.78 is 31.4. The van der Waals surface area contributed by atoms with Crippen LogP contribution in [0.3, 0.4) is 0 Å². The maximum atomic E-state index is 13.6. The van der Waals surface area contributed by atoms with E-state index < -0.39 is 23.1 Å². The molecule has 1 aromatic rings. The molecule has 2 N–H and O–H groups in total. The van der Waals surface area contributed by atoms with Crippen LogP contribution in [0.25, 0.3) is 0 Å². The van der Waals surface area contributed by atoms with E-state index in [-0.39, 0.29) is 0 Å². The Kier molecular flexibility index (Phi) is 4.35. The number of hydrogen-bond donors (Lipinski definition) is 1. The Balaban J connectivity index is 1.98. The molecule has 0 atom stereocenters. The summed E-state index contributed by atoms with van der Waals surface area (Å²) in [6, 6.07) is 3.41. The first-order valence-corrected chi connectivity index (χ1v) is 6.48. The quantitative estimate of drug-likeness (QED) is 0.853. The van der Waals surface area contributed by atoms with Gasteiger partial charge < -0.3 is 10.5 Å². The second kappa shape index (κ2) is 5.85. The molecule has 0 amide bonds. The van der Waals surface area contributed by atoms with Crippen molar-refractivity contribution in [3.63, 3.8) is 0 Å². The molecule has 0 spiro atoms. The molecule has 0 aromatic heterocycles. The van der Waals surface area contributed by atoms with E-state index in [9.17, 15) is 13.6 Å². The van der Waals surface area contributed by atoms with Crippen molar-refractivity contribution in [3.05, 3.63) is 35.4 Å². The van der Waals surface area contributed by atoms with Crippen molar-refractivity contribution in [1.29, 1.82) is 0 Å². The highest BCUT2D eigenvalue weighted by atomic mass is 19.1. The number of piperidine rings is 1. The summed E-state index contributed by atoms with van der Waals surface area (Å²) in [5, 5.41) is 0. The average molecular weight is 284 g/mol. The predicted octanol–water partition coefficient (Wildman–Crippen LogP) is 1.43. The van der Waals surface area contributed by atoms with E-state index in [0.29, 0.717) is 38.0 Å². The maximum absolute atomic E-state index is 13.6. The van der Waals surface area contributed by atoms with E-state index in [0.717, 1.165) is 12.1 Å².